The van der Waals surface area contributed by atoms with E-state index in [1.807, 2.05) is 26.0 Å². The predicted octanol–water partition coefficient (Wildman–Crippen LogP) is 4.48. The molecule has 0 spiro atoms. The number of rotatable bonds is 7. The Morgan fingerprint density at radius 3 is 2.35 bits per heavy atom. The van der Waals surface area contributed by atoms with Crippen LogP contribution in [0.25, 0.3) is 0 Å². The normalized spacial score (nSPS) is 11.6. The van der Waals surface area contributed by atoms with Gasteiger partial charge < -0.3 is 14.2 Å². The number of ether oxygens (including phenoxy) is 3. The van der Waals surface area contributed by atoms with E-state index >= 15 is 0 Å². The van der Waals surface area contributed by atoms with Crippen molar-refractivity contribution in [1.29, 1.82) is 0 Å². The van der Waals surface area contributed by atoms with E-state index in [1.165, 1.54) is 26.2 Å². The third-order valence-corrected chi connectivity index (χ3v) is 4.02. The molecule has 2 aromatic rings. The summed E-state index contributed by atoms with van der Waals surface area (Å²) in [6, 6.07) is 9.98. The minimum Gasteiger partial charge on any atom is -0.493 e. The molecule has 0 amide bonds. The van der Waals surface area contributed by atoms with Gasteiger partial charge in [0.2, 0.25) is 5.78 Å². The lowest BCUT2D eigenvalue weighted by molar-refractivity contribution is 0.0318. The SMILES string of the molecule is CCOc1c(Cl)cc(C(=O)O[C@@H](C)C(=O)c2ccc(C)cc2)cc1OC. The highest BCUT2D eigenvalue weighted by Gasteiger charge is 2.22. The zero-order chi connectivity index (χ0) is 19.3. The molecule has 2 rings (SSSR count). The third kappa shape index (κ3) is 4.55. The lowest BCUT2D eigenvalue weighted by Crippen LogP contribution is -2.24. The molecule has 6 heteroatoms. The highest BCUT2D eigenvalue weighted by atomic mass is 35.5. The molecule has 0 aliphatic heterocycles. The number of esters is 1. The molecule has 0 radical (unpaired) electrons. The van der Waals surface area contributed by atoms with Crippen LogP contribution in [0, 0.1) is 6.92 Å². The second kappa shape index (κ2) is 8.72. The lowest BCUT2D eigenvalue weighted by atomic mass is 10.1. The smallest absolute Gasteiger partial charge is 0.339 e. The Bertz CT molecular complexity index is 799. The second-order valence-electron chi connectivity index (χ2n) is 5.70. The van der Waals surface area contributed by atoms with Crippen molar-refractivity contribution in [3.8, 4) is 11.5 Å². The summed E-state index contributed by atoms with van der Waals surface area (Å²) in [5.74, 6) is -0.260. The average molecular weight is 377 g/mol. The van der Waals surface area contributed by atoms with Crippen molar-refractivity contribution in [2.45, 2.75) is 26.9 Å². The summed E-state index contributed by atoms with van der Waals surface area (Å²) in [6.07, 6.45) is -0.929. The molecule has 0 bridgehead atoms. The maximum Gasteiger partial charge on any atom is 0.339 e. The Balaban J connectivity index is 2.17. The standard InChI is InChI=1S/C20H21ClO5/c1-5-25-19-16(21)10-15(11-17(19)24-4)20(23)26-13(3)18(22)14-8-6-12(2)7-9-14/h6-11,13H,5H2,1-4H3/t13-/m0/s1. The Kier molecular flexibility index (Phi) is 6.64. The molecule has 0 aliphatic carbocycles. The fourth-order valence-corrected chi connectivity index (χ4v) is 2.62. The van der Waals surface area contributed by atoms with Gasteiger partial charge in [0.05, 0.1) is 24.3 Å². The molecule has 2 aromatic carbocycles. The second-order valence-corrected chi connectivity index (χ2v) is 6.11. The van der Waals surface area contributed by atoms with Gasteiger partial charge in [-0.15, -0.1) is 0 Å². The molecular weight excluding hydrogens is 356 g/mol. The van der Waals surface area contributed by atoms with Crippen molar-refractivity contribution in [3.63, 3.8) is 0 Å². The lowest BCUT2D eigenvalue weighted by Gasteiger charge is -2.15. The molecule has 0 saturated carbocycles. The minimum absolute atomic E-state index is 0.179. The van der Waals surface area contributed by atoms with Crippen molar-refractivity contribution in [3.05, 3.63) is 58.1 Å². The summed E-state index contributed by atoms with van der Waals surface area (Å²) in [4.78, 5) is 24.8. The molecule has 26 heavy (non-hydrogen) atoms. The van der Waals surface area contributed by atoms with Gasteiger partial charge >= 0.3 is 5.97 Å². The molecular formula is C20H21ClO5. The molecule has 0 aliphatic rings. The van der Waals surface area contributed by atoms with E-state index in [9.17, 15) is 9.59 Å². The number of halogens is 1. The number of aryl methyl sites for hydroxylation is 1. The first kappa shape index (κ1) is 19.8. The van der Waals surface area contributed by atoms with Gasteiger partial charge in [-0.05, 0) is 32.9 Å². The summed E-state index contributed by atoms with van der Waals surface area (Å²) in [5, 5.41) is 0.232. The van der Waals surface area contributed by atoms with Crippen molar-refractivity contribution in [2.24, 2.45) is 0 Å². The van der Waals surface area contributed by atoms with E-state index in [2.05, 4.69) is 0 Å². The molecule has 0 heterocycles. The fraction of sp³-hybridized carbons (Fsp3) is 0.300. The Labute approximate surface area is 157 Å². The fourth-order valence-electron chi connectivity index (χ4n) is 2.36. The summed E-state index contributed by atoms with van der Waals surface area (Å²) < 4.78 is 15.9. The Morgan fingerprint density at radius 2 is 1.77 bits per heavy atom. The quantitative estimate of drug-likeness (QED) is 0.526. The summed E-state index contributed by atoms with van der Waals surface area (Å²) >= 11 is 6.17. The van der Waals surface area contributed by atoms with Crippen LogP contribution in [0.2, 0.25) is 5.02 Å². The van der Waals surface area contributed by atoms with Crippen molar-refractivity contribution >= 4 is 23.4 Å². The molecule has 0 N–H and O–H groups in total. The van der Waals surface area contributed by atoms with E-state index in [4.69, 9.17) is 25.8 Å². The number of hydrogen-bond donors (Lipinski definition) is 0. The van der Waals surface area contributed by atoms with Gasteiger partial charge in [0.25, 0.3) is 0 Å². The van der Waals surface area contributed by atoms with Crippen molar-refractivity contribution < 1.29 is 23.8 Å². The zero-order valence-electron chi connectivity index (χ0n) is 15.2. The minimum atomic E-state index is -0.929. The summed E-state index contributed by atoms with van der Waals surface area (Å²) in [7, 11) is 1.45. The number of ketones is 1. The van der Waals surface area contributed by atoms with Gasteiger partial charge in [-0.25, -0.2) is 4.79 Å². The van der Waals surface area contributed by atoms with Crippen molar-refractivity contribution in [2.75, 3.05) is 13.7 Å². The van der Waals surface area contributed by atoms with Gasteiger partial charge in [0.15, 0.2) is 17.6 Å². The van der Waals surface area contributed by atoms with Crippen LogP contribution in [0.3, 0.4) is 0 Å². The van der Waals surface area contributed by atoms with Crippen LogP contribution in [0.1, 0.15) is 40.1 Å². The Hall–Kier alpha value is -2.53. The molecule has 5 nitrogen and oxygen atoms in total. The number of benzene rings is 2. The van der Waals surface area contributed by atoms with Gasteiger partial charge in [0.1, 0.15) is 0 Å². The number of carbonyl (C=O) groups excluding carboxylic acids is 2. The van der Waals surface area contributed by atoms with Gasteiger partial charge in [-0.2, -0.15) is 0 Å². The number of methoxy groups -OCH3 is 1. The monoisotopic (exact) mass is 376 g/mol. The molecule has 0 aromatic heterocycles. The molecule has 0 fully saturated rings. The van der Waals surface area contributed by atoms with Gasteiger partial charge in [0, 0.05) is 5.56 Å². The first-order chi connectivity index (χ1) is 12.4. The topological polar surface area (TPSA) is 61.8 Å². The zero-order valence-corrected chi connectivity index (χ0v) is 15.9. The van der Waals surface area contributed by atoms with E-state index in [0.717, 1.165) is 5.56 Å². The number of carbonyl (C=O) groups is 2. The molecule has 138 valence electrons. The average Bonchev–Trinajstić information content (AvgIpc) is 2.63. The maximum absolute atomic E-state index is 12.4. The number of hydrogen-bond acceptors (Lipinski definition) is 5. The highest BCUT2D eigenvalue weighted by molar-refractivity contribution is 6.32. The summed E-state index contributed by atoms with van der Waals surface area (Å²) in [5.41, 5.74) is 1.71. The maximum atomic E-state index is 12.4. The van der Waals surface area contributed by atoms with Gasteiger partial charge in [-0.3, -0.25) is 4.79 Å². The first-order valence-electron chi connectivity index (χ1n) is 8.19. The number of Topliss-reactive ketones (excluding diaryl/α,β-unsaturated/α-hetero) is 1. The first-order valence-corrected chi connectivity index (χ1v) is 8.57. The molecule has 0 saturated heterocycles. The van der Waals surface area contributed by atoms with E-state index in [0.29, 0.717) is 23.7 Å². The van der Waals surface area contributed by atoms with E-state index in [-0.39, 0.29) is 16.4 Å². The summed E-state index contributed by atoms with van der Waals surface area (Å²) in [6.45, 7) is 5.69. The van der Waals surface area contributed by atoms with Crippen LogP contribution in [0.15, 0.2) is 36.4 Å². The van der Waals surface area contributed by atoms with E-state index < -0.39 is 12.1 Å². The van der Waals surface area contributed by atoms with Crippen LogP contribution in [0.4, 0.5) is 0 Å². The van der Waals surface area contributed by atoms with Crippen LogP contribution in [0.5, 0.6) is 11.5 Å². The third-order valence-electron chi connectivity index (χ3n) is 3.74. The molecule has 0 unspecified atom stereocenters. The van der Waals surface area contributed by atoms with Crippen LogP contribution in [-0.2, 0) is 4.74 Å². The predicted molar refractivity (Wildman–Crippen MR) is 99.6 cm³/mol. The van der Waals surface area contributed by atoms with Crippen LogP contribution in [-0.4, -0.2) is 31.6 Å². The molecule has 1 atom stereocenters. The largest absolute Gasteiger partial charge is 0.493 e. The van der Waals surface area contributed by atoms with Crippen molar-refractivity contribution in [1.82, 2.24) is 0 Å². The highest BCUT2D eigenvalue weighted by Crippen LogP contribution is 2.36. The van der Waals surface area contributed by atoms with Crippen LogP contribution >= 0.6 is 11.6 Å². The van der Waals surface area contributed by atoms with Crippen LogP contribution < -0.4 is 9.47 Å². The van der Waals surface area contributed by atoms with E-state index in [1.54, 1.807) is 12.1 Å². The van der Waals surface area contributed by atoms with Gasteiger partial charge in [-0.1, -0.05) is 41.4 Å². The Morgan fingerprint density at radius 1 is 1.12 bits per heavy atom.